The van der Waals surface area contributed by atoms with Crippen molar-refractivity contribution in [2.45, 2.75) is 37.3 Å². The fourth-order valence-corrected chi connectivity index (χ4v) is 5.31. The van der Waals surface area contributed by atoms with Crippen molar-refractivity contribution >= 4 is 29.1 Å². The highest BCUT2D eigenvalue weighted by atomic mass is 35.5. The largest absolute Gasteiger partial charge is 0.383 e. The van der Waals surface area contributed by atoms with E-state index in [2.05, 4.69) is 4.98 Å². The monoisotopic (exact) mass is 560 g/mol. The molecule has 7 nitrogen and oxygen atoms in total. The number of nitrogens with zero attached hydrogens (tertiary/aromatic N) is 2. The van der Waals surface area contributed by atoms with Crippen LogP contribution in [0.4, 0.5) is 4.39 Å². The van der Waals surface area contributed by atoms with Crippen LogP contribution in [0.1, 0.15) is 46.1 Å². The molecule has 1 aromatic heterocycles. The van der Waals surface area contributed by atoms with Crippen LogP contribution in [-0.2, 0) is 32.1 Å². The molecule has 10 heteroatoms. The van der Waals surface area contributed by atoms with Crippen LogP contribution in [0.3, 0.4) is 0 Å². The van der Waals surface area contributed by atoms with Crippen LogP contribution >= 0.6 is 23.2 Å². The molecule has 0 saturated carbocycles. The first-order valence-corrected chi connectivity index (χ1v) is 12.9. The summed E-state index contributed by atoms with van der Waals surface area (Å²) >= 11 is 12.2. The first-order chi connectivity index (χ1) is 18.2. The smallest absolute Gasteiger partial charge is 0.257 e. The highest BCUT2D eigenvalue weighted by molar-refractivity contribution is 6.30. The Bertz CT molecular complexity index is 1330. The van der Waals surface area contributed by atoms with Gasteiger partial charge in [-0.3, -0.25) is 14.7 Å². The van der Waals surface area contributed by atoms with Crippen LogP contribution < -0.4 is 0 Å². The molecule has 1 N–H and O–H groups in total. The maximum absolute atomic E-state index is 16.3. The fraction of sp³-hybridized carbons (Fsp3) is 0.357. The Kier molecular flexibility index (Phi) is 7.48. The van der Waals surface area contributed by atoms with Gasteiger partial charge in [-0.05, 0) is 55.3 Å². The van der Waals surface area contributed by atoms with Crippen LogP contribution in [0.2, 0.25) is 10.0 Å². The van der Waals surface area contributed by atoms with Gasteiger partial charge in [0.15, 0.2) is 0 Å². The zero-order chi connectivity index (χ0) is 27.1. The number of carbonyl (C=O) groups is 1. The predicted octanol–water partition coefficient (Wildman–Crippen LogP) is 5.04. The molecule has 5 rings (SSSR count). The summed E-state index contributed by atoms with van der Waals surface area (Å²) in [4.78, 5) is 20.0. The molecule has 3 atom stereocenters. The average Bonchev–Trinajstić information content (AvgIpc) is 3.47. The molecule has 1 fully saturated rings. The van der Waals surface area contributed by atoms with Crippen molar-refractivity contribution in [1.29, 1.82) is 0 Å². The van der Waals surface area contributed by atoms with Crippen molar-refractivity contribution in [2.24, 2.45) is 0 Å². The van der Waals surface area contributed by atoms with Gasteiger partial charge in [-0.15, -0.1) is 0 Å². The molecule has 2 aromatic carbocycles. The number of rotatable bonds is 8. The minimum Gasteiger partial charge on any atom is -0.383 e. The molecule has 0 bridgehead atoms. The normalized spacial score (nSPS) is 22.5. The second-order valence-electron chi connectivity index (χ2n) is 9.70. The highest BCUT2D eigenvalue weighted by Crippen LogP contribution is 2.49. The lowest BCUT2D eigenvalue weighted by Crippen LogP contribution is -2.49. The molecule has 2 aliphatic rings. The molecule has 0 aliphatic carbocycles. The maximum atomic E-state index is 16.3. The maximum Gasteiger partial charge on any atom is 0.257 e. The predicted molar refractivity (Wildman–Crippen MR) is 140 cm³/mol. The summed E-state index contributed by atoms with van der Waals surface area (Å²) < 4.78 is 33.7. The number of ether oxygens (including phenoxy) is 3. The van der Waals surface area contributed by atoms with Gasteiger partial charge >= 0.3 is 0 Å². The molecule has 1 unspecified atom stereocenters. The van der Waals surface area contributed by atoms with Crippen LogP contribution in [0.25, 0.3) is 0 Å². The molecule has 1 amide bonds. The van der Waals surface area contributed by atoms with E-state index in [-0.39, 0.29) is 29.8 Å². The van der Waals surface area contributed by atoms with Gasteiger partial charge in [0.25, 0.3) is 5.91 Å². The number of hydrogen-bond donors (Lipinski definition) is 1. The van der Waals surface area contributed by atoms with E-state index in [0.717, 1.165) is 0 Å². The summed E-state index contributed by atoms with van der Waals surface area (Å²) in [6.45, 7) is 2.21. The molecule has 38 heavy (non-hydrogen) atoms. The van der Waals surface area contributed by atoms with Crippen LogP contribution in [0.15, 0.2) is 54.7 Å². The van der Waals surface area contributed by atoms with Gasteiger partial charge < -0.3 is 19.3 Å². The van der Waals surface area contributed by atoms with E-state index in [0.29, 0.717) is 40.9 Å². The summed E-state index contributed by atoms with van der Waals surface area (Å²) in [5, 5.41) is 11.9. The van der Waals surface area contributed by atoms with Crippen LogP contribution in [0.5, 0.6) is 0 Å². The lowest BCUT2D eigenvalue weighted by Gasteiger charge is -2.41. The van der Waals surface area contributed by atoms with Crippen LogP contribution in [0, 0.1) is 5.82 Å². The van der Waals surface area contributed by atoms with E-state index in [1.165, 1.54) is 37.3 Å². The standard InChI is InChI=1S/C28H27Cl2FN2O5/c1-27(35,16-36-2)18-11-23-25(24(31)12-18)28(38-22-9-10-37-15-22,17-3-5-19(29)6-4-17)33(26(23)34)14-21-8-7-20(30)13-32-21/h3-8,11-13,22,35H,9-10,14-16H2,1-2H3/t22-,27?,28+/m0/s1. The van der Waals surface area contributed by atoms with Gasteiger partial charge in [0.2, 0.25) is 5.72 Å². The third-order valence-corrected chi connectivity index (χ3v) is 7.38. The van der Waals surface area contributed by atoms with Crippen molar-refractivity contribution < 1.29 is 28.5 Å². The summed E-state index contributed by atoms with van der Waals surface area (Å²) in [7, 11) is 1.44. The number of methoxy groups -OCH3 is 1. The summed E-state index contributed by atoms with van der Waals surface area (Å²) in [5.74, 6) is -1.16. The summed E-state index contributed by atoms with van der Waals surface area (Å²) in [6.07, 6.45) is 1.66. The highest BCUT2D eigenvalue weighted by Gasteiger charge is 2.56. The van der Waals surface area contributed by atoms with Crippen molar-refractivity contribution in [3.05, 3.63) is 98.5 Å². The second-order valence-corrected chi connectivity index (χ2v) is 10.6. The Balaban J connectivity index is 1.75. The summed E-state index contributed by atoms with van der Waals surface area (Å²) in [6, 6.07) is 12.9. The number of halogens is 3. The molecule has 0 radical (unpaired) electrons. The number of pyridine rings is 1. The SMILES string of the molecule is COCC(C)(O)c1cc(F)c2c(c1)C(=O)N(Cc1ccc(Cl)cn1)[C@@]2(O[C@H]1CCOC1)c1ccc(Cl)cc1. The quantitative estimate of drug-likeness (QED) is 0.415. The Morgan fingerprint density at radius 3 is 2.58 bits per heavy atom. The van der Waals surface area contributed by atoms with Gasteiger partial charge in [-0.25, -0.2) is 4.39 Å². The van der Waals surface area contributed by atoms with Gasteiger partial charge in [0.1, 0.15) is 11.4 Å². The van der Waals surface area contributed by atoms with E-state index in [4.69, 9.17) is 37.4 Å². The first kappa shape index (κ1) is 27.0. The molecule has 200 valence electrons. The molecule has 3 aromatic rings. The minimum absolute atomic E-state index is 0.00409. The van der Waals surface area contributed by atoms with Crippen molar-refractivity contribution in [1.82, 2.24) is 9.88 Å². The zero-order valence-corrected chi connectivity index (χ0v) is 22.4. The number of aliphatic hydroxyl groups is 1. The van der Waals surface area contributed by atoms with E-state index in [1.54, 1.807) is 36.4 Å². The number of carbonyl (C=O) groups excluding carboxylic acids is 1. The Morgan fingerprint density at radius 2 is 1.95 bits per heavy atom. The van der Waals surface area contributed by atoms with E-state index >= 15 is 4.39 Å². The molecule has 0 spiro atoms. The number of aromatic nitrogens is 1. The number of benzene rings is 2. The topological polar surface area (TPSA) is 81.1 Å². The molecule has 2 aliphatic heterocycles. The van der Waals surface area contributed by atoms with Gasteiger partial charge in [0, 0.05) is 30.5 Å². The third kappa shape index (κ3) is 4.81. The molecule has 3 heterocycles. The zero-order valence-electron chi connectivity index (χ0n) is 20.9. The van der Waals surface area contributed by atoms with E-state index < -0.39 is 29.2 Å². The van der Waals surface area contributed by atoms with E-state index in [9.17, 15) is 9.90 Å². The first-order valence-electron chi connectivity index (χ1n) is 12.2. The average molecular weight is 561 g/mol. The molecular formula is C28H27Cl2FN2O5. The Hall–Kier alpha value is -2.59. The van der Waals surface area contributed by atoms with Gasteiger partial charge in [0.05, 0.1) is 47.7 Å². The third-order valence-electron chi connectivity index (χ3n) is 6.90. The number of hydrogen-bond acceptors (Lipinski definition) is 6. The van der Waals surface area contributed by atoms with Crippen LogP contribution in [-0.4, -0.2) is 53.9 Å². The molecule has 1 saturated heterocycles. The van der Waals surface area contributed by atoms with Crippen molar-refractivity contribution in [3.8, 4) is 0 Å². The molecular weight excluding hydrogens is 534 g/mol. The van der Waals surface area contributed by atoms with Gasteiger partial charge in [-0.2, -0.15) is 0 Å². The van der Waals surface area contributed by atoms with Crippen molar-refractivity contribution in [3.63, 3.8) is 0 Å². The number of amides is 1. The lowest BCUT2D eigenvalue weighted by atomic mass is 9.88. The Morgan fingerprint density at radius 1 is 1.21 bits per heavy atom. The van der Waals surface area contributed by atoms with Crippen molar-refractivity contribution in [2.75, 3.05) is 26.9 Å². The summed E-state index contributed by atoms with van der Waals surface area (Å²) in [5.41, 5.74) is -1.77. The Labute approximate surface area is 230 Å². The van der Waals surface area contributed by atoms with E-state index in [1.807, 2.05) is 0 Å². The number of fused-ring (bicyclic) bond motifs is 1. The lowest BCUT2D eigenvalue weighted by molar-refractivity contribution is -0.148. The minimum atomic E-state index is -1.65. The van der Waals surface area contributed by atoms with Gasteiger partial charge in [-0.1, -0.05) is 35.3 Å². The fourth-order valence-electron chi connectivity index (χ4n) is 5.08. The second kappa shape index (κ2) is 10.5.